The van der Waals surface area contributed by atoms with Gasteiger partial charge < -0.3 is 10.1 Å². The van der Waals surface area contributed by atoms with E-state index < -0.39 is 11.9 Å². The molecule has 8 nitrogen and oxygen atoms in total. The molecule has 0 aromatic carbocycles. The normalized spacial score (nSPS) is 9.62. The summed E-state index contributed by atoms with van der Waals surface area (Å²) >= 11 is 0. The summed E-state index contributed by atoms with van der Waals surface area (Å²) in [5.41, 5.74) is 0. The zero-order valence-corrected chi connectivity index (χ0v) is 8.94. The van der Waals surface area contributed by atoms with Gasteiger partial charge in [-0.05, 0) is 13.8 Å². The van der Waals surface area contributed by atoms with Crippen LogP contribution in [-0.2, 0) is 4.79 Å². The fraction of sp³-hybridized carbons (Fsp3) is 0.500. The van der Waals surface area contributed by atoms with Gasteiger partial charge in [-0.25, -0.2) is 4.79 Å². The number of ether oxygens (including phenoxy) is 1. The van der Waals surface area contributed by atoms with Crippen LogP contribution < -0.4 is 15.4 Å². The number of imide groups is 1. The number of carbonyl (C=O) groups excluding carboxylic acids is 2. The molecule has 0 radical (unpaired) electrons. The largest absolute Gasteiger partial charge is 0.439 e. The monoisotopic (exact) mass is 228 g/mol. The molecule has 1 rings (SSSR count). The van der Waals surface area contributed by atoms with E-state index in [4.69, 9.17) is 4.74 Å². The smallest absolute Gasteiger partial charge is 0.417 e. The minimum atomic E-state index is -0.596. The van der Waals surface area contributed by atoms with Gasteiger partial charge >= 0.3 is 12.1 Å². The number of aromatic nitrogens is 2. The Balaban J connectivity index is 2.27. The Morgan fingerprint density at radius 3 is 2.81 bits per heavy atom. The molecular weight excluding hydrogens is 216 g/mol. The number of hydrogen-bond donors (Lipinski definition) is 2. The highest BCUT2D eigenvalue weighted by atomic mass is 16.6. The molecule has 0 fully saturated rings. The van der Waals surface area contributed by atoms with Crippen LogP contribution in [0.4, 0.5) is 4.79 Å². The van der Waals surface area contributed by atoms with Gasteiger partial charge in [-0.1, -0.05) is 5.16 Å². The van der Waals surface area contributed by atoms with Crippen LogP contribution in [-0.4, -0.2) is 35.2 Å². The molecule has 3 amide bonds. The van der Waals surface area contributed by atoms with Gasteiger partial charge in [0, 0.05) is 6.54 Å². The fourth-order valence-corrected chi connectivity index (χ4v) is 0.831. The fourth-order valence-electron chi connectivity index (χ4n) is 0.831. The van der Waals surface area contributed by atoms with Gasteiger partial charge in [0.05, 0.1) is 0 Å². The van der Waals surface area contributed by atoms with Crippen molar-refractivity contribution in [3.8, 4) is 6.08 Å². The van der Waals surface area contributed by atoms with Crippen LogP contribution in [0.1, 0.15) is 12.7 Å². The van der Waals surface area contributed by atoms with Crippen molar-refractivity contribution in [2.45, 2.75) is 13.8 Å². The summed E-state index contributed by atoms with van der Waals surface area (Å²) in [6.07, 6.45) is -0.108. The number of urea groups is 1. The molecule has 0 saturated heterocycles. The first kappa shape index (κ1) is 12.0. The Hall–Kier alpha value is -2.12. The van der Waals surface area contributed by atoms with E-state index in [2.05, 4.69) is 25.3 Å². The highest BCUT2D eigenvalue weighted by Gasteiger charge is 2.09. The molecule has 0 bridgehead atoms. The van der Waals surface area contributed by atoms with Crippen molar-refractivity contribution in [3.63, 3.8) is 0 Å². The van der Waals surface area contributed by atoms with Crippen molar-refractivity contribution in [2.24, 2.45) is 0 Å². The summed E-state index contributed by atoms with van der Waals surface area (Å²) in [7, 11) is 0. The zero-order chi connectivity index (χ0) is 12.0. The molecule has 0 spiro atoms. The molecule has 0 aliphatic carbocycles. The second-order valence-electron chi connectivity index (χ2n) is 2.80. The van der Waals surface area contributed by atoms with Crippen LogP contribution in [0.15, 0.2) is 4.52 Å². The van der Waals surface area contributed by atoms with E-state index in [1.165, 1.54) is 0 Å². The van der Waals surface area contributed by atoms with Gasteiger partial charge in [0.1, 0.15) is 0 Å². The Bertz CT molecular complexity index is 376. The van der Waals surface area contributed by atoms with Crippen molar-refractivity contribution in [1.82, 2.24) is 20.8 Å². The van der Waals surface area contributed by atoms with Crippen LogP contribution in [0.25, 0.3) is 0 Å². The molecule has 1 heterocycles. The maximum absolute atomic E-state index is 11.1. The van der Waals surface area contributed by atoms with Crippen molar-refractivity contribution < 1.29 is 18.8 Å². The summed E-state index contributed by atoms with van der Waals surface area (Å²) in [6, 6.07) is -0.571. The highest BCUT2D eigenvalue weighted by Crippen LogP contribution is 2.04. The van der Waals surface area contributed by atoms with E-state index in [1.807, 2.05) is 0 Å². The van der Waals surface area contributed by atoms with Crippen LogP contribution >= 0.6 is 0 Å². The lowest BCUT2D eigenvalue weighted by molar-refractivity contribution is -0.122. The summed E-state index contributed by atoms with van der Waals surface area (Å²) < 4.78 is 9.44. The number of rotatable bonds is 4. The van der Waals surface area contributed by atoms with E-state index in [0.29, 0.717) is 12.4 Å². The number of hydrogen-bond acceptors (Lipinski definition) is 6. The maximum atomic E-state index is 11.1. The van der Waals surface area contributed by atoms with Gasteiger partial charge in [-0.3, -0.25) is 14.6 Å². The number of nitrogens with zero attached hydrogens (tertiary/aromatic N) is 2. The van der Waals surface area contributed by atoms with E-state index >= 15 is 0 Å². The summed E-state index contributed by atoms with van der Waals surface area (Å²) in [5.74, 6) is -0.194. The predicted molar refractivity (Wildman–Crippen MR) is 51.7 cm³/mol. The SMILES string of the molecule is CCNC(=O)NC(=O)COc1nc(C)no1. The quantitative estimate of drug-likeness (QED) is 0.726. The van der Waals surface area contributed by atoms with Gasteiger partial charge in [0.2, 0.25) is 0 Å². The first-order chi connectivity index (χ1) is 7.61. The molecule has 1 aromatic rings. The van der Waals surface area contributed by atoms with Crippen LogP contribution in [0.3, 0.4) is 0 Å². The first-order valence-electron chi connectivity index (χ1n) is 4.62. The summed E-state index contributed by atoms with van der Waals surface area (Å²) in [5, 5.41) is 7.92. The molecule has 8 heteroatoms. The Labute approximate surface area is 91.3 Å². The molecule has 16 heavy (non-hydrogen) atoms. The highest BCUT2D eigenvalue weighted by molar-refractivity contribution is 5.94. The minimum Gasteiger partial charge on any atom is -0.439 e. The van der Waals surface area contributed by atoms with Crippen LogP contribution in [0.2, 0.25) is 0 Å². The molecule has 0 atom stereocenters. The summed E-state index contributed by atoms with van der Waals surface area (Å²) in [4.78, 5) is 25.8. The van der Waals surface area contributed by atoms with Crippen molar-refractivity contribution in [2.75, 3.05) is 13.2 Å². The average Bonchev–Trinajstić information content (AvgIpc) is 2.61. The van der Waals surface area contributed by atoms with E-state index in [1.54, 1.807) is 13.8 Å². The van der Waals surface area contributed by atoms with Crippen molar-refractivity contribution in [3.05, 3.63) is 5.82 Å². The average molecular weight is 228 g/mol. The van der Waals surface area contributed by atoms with Crippen molar-refractivity contribution in [1.29, 1.82) is 0 Å². The topological polar surface area (TPSA) is 106 Å². The molecule has 0 saturated carbocycles. The van der Waals surface area contributed by atoms with Crippen LogP contribution in [0.5, 0.6) is 6.08 Å². The lowest BCUT2D eigenvalue weighted by atomic mass is 10.6. The standard InChI is InChI=1S/C8H12N4O4/c1-3-9-7(14)11-6(13)4-15-8-10-5(2)12-16-8/h3-4H2,1-2H3,(H2,9,11,13,14). The lowest BCUT2D eigenvalue weighted by Crippen LogP contribution is -2.41. The number of amides is 3. The molecule has 2 N–H and O–H groups in total. The number of carbonyl (C=O) groups is 2. The third kappa shape index (κ3) is 3.95. The Morgan fingerprint density at radius 2 is 2.25 bits per heavy atom. The molecule has 0 aliphatic rings. The maximum Gasteiger partial charge on any atom is 0.417 e. The summed E-state index contributed by atoms with van der Waals surface area (Å²) in [6.45, 7) is 3.43. The van der Waals surface area contributed by atoms with E-state index in [0.717, 1.165) is 0 Å². The lowest BCUT2D eigenvalue weighted by Gasteiger charge is -2.03. The first-order valence-corrected chi connectivity index (χ1v) is 4.62. The second kappa shape index (κ2) is 5.69. The van der Waals surface area contributed by atoms with E-state index in [-0.39, 0.29) is 12.7 Å². The third-order valence-corrected chi connectivity index (χ3v) is 1.43. The van der Waals surface area contributed by atoms with Crippen molar-refractivity contribution >= 4 is 11.9 Å². The van der Waals surface area contributed by atoms with Gasteiger partial charge in [0.25, 0.3) is 5.91 Å². The minimum absolute atomic E-state index is 0.108. The molecular formula is C8H12N4O4. The molecule has 0 unspecified atom stereocenters. The molecule has 88 valence electrons. The predicted octanol–water partition coefficient (Wildman–Crippen LogP) is -0.397. The van der Waals surface area contributed by atoms with Gasteiger partial charge in [-0.2, -0.15) is 4.98 Å². The molecule has 0 aliphatic heterocycles. The third-order valence-electron chi connectivity index (χ3n) is 1.43. The second-order valence-corrected chi connectivity index (χ2v) is 2.80. The van der Waals surface area contributed by atoms with E-state index in [9.17, 15) is 9.59 Å². The zero-order valence-electron chi connectivity index (χ0n) is 8.94. The van der Waals surface area contributed by atoms with Gasteiger partial charge in [-0.15, -0.1) is 0 Å². The Kier molecular flexibility index (Phi) is 4.25. The molecule has 1 aromatic heterocycles. The Morgan fingerprint density at radius 1 is 1.50 bits per heavy atom. The van der Waals surface area contributed by atoms with Crippen LogP contribution in [0, 0.1) is 6.92 Å². The number of nitrogens with one attached hydrogen (secondary N) is 2. The van der Waals surface area contributed by atoms with Gasteiger partial charge in [0.15, 0.2) is 12.4 Å². The number of aryl methyl sites for hydroxylation is 1.